The highest BCUT2D eigenvalue weighted by molar-refractivity contribution is 7.91. The molecule has 1 saturated heterocycles. The minimum atomic E-state index is -3.05. The molecule has 7 nitrogen and oxygen atoms in total. The summed E-state index contributed by atoms with van der Waals surface area (Å²) in [6.07, 6.45) is 0.540. The Morgan fingerprint density at radius 2 is 1.83 bits per heavy atom. The van der Waals surface area contributed by atoms with Gasteiger partial charge < -0.3 is 14.8 Å². The first kappa shape index (κ1) is 22.1. The molecular weight excluding hydrogens is 404 g/mol. The van der Waals surface area contributed by atoms with Crippen LogP contribution in [-0.4, -0.2) is 57.5 Å². The molecule has 0 spiro atoms. The van der Waals surface area contributed by atoms with Gasteiger partial charge in [-0.05, 0) is 30.2 Å². The molecule has 2 aromatic rings. The third kappa shape index (κ3) is 5.96. The van der Waals surface area contributed by atoms with Gasteiger partial charge in [0.25, 0.3) is 0 Å². The quantitative estimate of drug-likeness (QED) is 0.653. The van der Waals surface area contributed by atoms with Crippen molar-refractivity contribution >= 4 is 15.7 Å². The molecule has 1 fully saturated rings. The number of carbonyl (C=O) groups is 1. The Hall–Kier alpha value is -2.58. The summed E-state index contributed by atoms with van der Waals surface area (Å²) in [6, 6.07) is 14.9. The van der Waals surface area contributed by atoms with E-state index in [0.717, 1.165) is 22.6 Å². The fraction of sp³-hybridized carbons (Fsp3) is 0.409. The fourth-order valence-electron chi connectivity index (χ4n) is 3.63. The molecule has 1 N–H and O–H groups in total. The van der Waals surface area contributed by atoms with E-state index in [0.29, 0.717) is 19.5 Å². The summed E-state index contributed by atoms with van der Waals surface area (Å²) < 4.78 is 34.5. The normalized spacial score (nSPS) is 17.6. The molecule has 8 heteroatoms. The van der Waals surface area contributed by atoms with E-state index in [-0.39, 0.29) is 30.0 Å². The predicted octanol–water partition coefficient (Wildman–Crippen LogP) is 2.01. The van der Waals surface area contributed by atoms with E-state index >= 15 is 0 Å². The number of para-hydroxylation sites is 1. The zero-order chi connectivity index (χ0) is 21.6. The van der Waals surface area contributed by atoms with Crippen LogP contribution in [0.2, 0.25) is 0 Å². The largest absolute Gasteiger partial charge is 0.497 e. The van der Waals surface area contributed by atoms with Crippen LogP contribution in [0.5, 0.6) is 11.5 Å². The molecule has 0 radical (unpaired) electrons. The first-order valence-electron chi connectivity index (χ1n) is 9.86. The Bertz CT molecular complexity index is 960. The van der Waals surface area contributed by atoms with Crippen molar-refractivity contribution in [2.75, 3.05) is 32.3 Å². The number of nitrogens with one attached hydrogen (secondary N) is 1. The summed E-state index contributed by atoms with van der Waals surface area (Å²) in [6.45, 7) is 0.968. The van der Waals surface area contributed by atoms with E-state index < -0.39 is 9.84 Å². The summed E-state index contributed by atoms with van der Waals surface area (Å²) in [5.74, 6) is 1.57. The van der Waals surface area contributed by atoms with Crippen molar-refractivity contribution in [3.8, 4) is 11.5 Å². The summed E-state index contributed by atoms with van der Waals surface area (Å²) in [4.78, 5) is 14.6. The maximum atomic E-state index is 12.7. The van der Waals surface area contributed by atoms with E-state index in [4.69, 9.17) is 9.47 Å². The zero-order valence-corrected chi connectivity index (χ0v) is 18.2. The highest BCUT2D eigenvalue weighted by atomic mass is 32.2. The highest BCUT2D eigenvalue weighted by Gasteiger charge is 2.33. The molecule has 0 saturated carbocycles. The number of benzene rings is 2. The number of ether oxygens (including phenoxy) is 2. The van der Waals surface area contributed by atoms with Gasteiger partial charge >= 0.3 is 0 Å². The molecule has 1 heterocycles. The molecule has 3 rings (SSSR count). The summed E-state index contributed by atoms with van der Waals surface area (Å²) in [5.41, 5.74) is 1.89. The topological polar surface area (TPSA) is 84.9 Å². The summed E-state index contributed by atoms with van der Waals surface area (Å²) in [5, 5.41) is 2.92. The number of rotatable bonds is 9. The van der Waals surface area contributed by atoms with Crippen LogP contribution >= 0.6 is 0 Å². The summed E-state index contributed by atoms with van der Waals surface area (Å²) in [7, 11) is 0.150. The summed E-state index contributed by atoms with van der Waals surface area (Å²) >= 11 is 0. The van der Waals surface area contributed by atoms with E-state index in [1.807, 2.05) is 53.4 Å². The van der Waals surface area contributed by atoms with Crippen molar-refractivity contribution in [3.05, 3.63) is 59.7 Å². The zero-order valence-electron chi connectivity index (χ0n) is 17.3. The molecule has 0 aromatic heterocycles. The number of nitrogens with zero attached hydrogens (tertiary/aromatic N) is 1. The van der Waals surface area contributed by atoms with Gasteiger partial charge in [0.15, 0.2) is 9.84 Å². The first-order chi connectivity index (χ1) is 14.4. The monoisotopic (exact) mass is 432 g/mol. The number of hydrogen-bond acceptors (Lipinski definition) is 6. The Kier molecular flexibility index (Phi) is 7.33. The van der Waals surface area contributed by atoms with Gasteiger partial charge in [-0.15, -0.1) is 0 Å². The molecule has 1 unspecified atom stereocenters. The lowest BCUT2D eigenvalue weighted by Gasteiger charge is -2.27. The van der Waals surface area contributed by atoms with Crippen molar-refractivity contribution in [1.29, 1.82) is 0 Å². The third-order valence-electron chi connectivity index (χ3n) is 5.28. The second kappa shape index (κ2) is 9.95. The van der Waals surface area contributed by atoms with Crippen LogP contribution in [0.3, 0.4) is 0 Å². The van der Waals surface area contributed by atoms with Crippen LogP contribution in [0.1, 0.15) is 17.5 Å². The average molecular weight is 433 g/mol. The van der Waals surface area contributed by atoms with Crippen molar-refractivity contribution < 1.29 is 22.7 Å². The Morgan fingerprint density at radius 1 is 1.10 bits per heavy atom. The number of hydrogen-bond donors (Lipinski definition) is 1. The van der Waals surface area contributed by atoms with Gasteiger partial charge in [0, 0.05) is 24.7 Å². The molecule has 0 aliphatic carbocycles. The van der Waals surface area contributed by atoms with Crippen LogP contribution in [0.15, 0.2) is 48.5 Å². The van der Waals surface area contributed by atoms with Crippen LogP contribution in [0.4, 0.5) is 0 Å². The molecule has 1 aliphatic heterocycles. The number of amides is 1. The number of methoxy groups -OCH3 is 2. The van der Waals surface area contributed by atoms with Gasteiger partial charge in [-0.2, -0.15) is 0 Å². The van der Waals surface area contributed by atoms with Crippen molar-refractivity contribution in [2.24, 2.45) is 0 Å². The van der Waals surface area contributed by atoms with Gasteiger partial charge in [0.1, 0.15) is 11.5 Å². The van der Waals surface area contributed by atoms with Crippen molar-refractivity contribution in [2.45, 2.75) is 25.6 Å². The van der Waals surface area contributed by atoms with E-state index in [9.17, 15) is 13.2 Å². The van der Waals surface area contributed by atoms with E-state index in [1.54, 1.807) is 14.2 Å². The molecular formula is C22H28N2O5S. The minimum absolute atomic E-state index is 0.0863. The second-order valence-corrected chi connectivity index (χ2v) is 9.63. The average Bonchev–Trinajstić information content (AvgIpc) is 3.12. The molecule has 1 aliphatic rings. The molecule has 1 atom stereocenters. The van der Waals surface area contributed by atoms with Gasteiger partial charge in [0.2, 0.25) is 5.91 Å². The van der Waals surface area contributed by atoms with Gasteiger partial charge in [0.05, 0.1) is 32.3 Å². The lowest BCUT2D eigenvalue weighted by molar-refractivity contribution is -0.123. The van der Waals surface area contributed by atoms with Crippen LogP contribution in [0.25, 0.3) is 0 Å². The molecule has 0 bridgehead atoms. The Labute approximate surface area is 177 Å². The fourth-order valence-corrected chi connectivity index (χ4v) is 5.39. The highest BCUT2D eigenvalue weighted by Crippen LogP contribution is 2.21. The standard InChI is InChI=1S/C22H28N2O5S/c1-28-20-9-7-17(8-10-20)14-24(19-11-12-30(26,27)16-19)15-22(25)23-13-18-5-3-4-6-21(18)29-2/h3-10,19H,11-16H2,1-2H3,(H,23,25). The maximum absolute atomic E-state index is 12.7. The first-order valence-corrected chi connectivity index (χ1v) is 11.7. The molecule has 1 amide bonds. The minimum Gasteiger partial charge on any atom is -0.497 e. The van der Waals surface area contributed by atoms with Gasteiger partial charge in [-0.25, -0.2) is 8.42 Å². The number of sulfone groups is 1. The second-order valence-electron chi connectivity index (χ2n) is 7.40. The molecule has 30 heavy (non-hydrogen) atoms. The SMILES string of the molecule is COc1ccc(CN(CC(=O)NCc2ccccc2OC)C2CCS(=O)(=O)C2)cc1. The van der Waals surface area contributed by atoms with E-state index in [1.165, 1.54) is 0 Å². The van der Waals surface area contributed by atoms with Crippen LogP contribution in [-0.2, 0) is 27.7 Å². The lowest BCUT2D eigenvalue weighted by Crippen LogP contribution is -2.43. The maximum Gasteiger partial charge on any atom is 0.234 e. The van der Waals surface area contributed by atoms with Crippen LogP contribution in [0, 0.1) is 0 Å². The molecule has 162 valence electrons. The lowest BCUT2D eigenvalue weighted by atomic mass is 10.1. The third-order valence-corrected chi connectivity index (χ3v) is 7.04. The van der Waals surface area contributed by atoms with Gasteiger partial charge in [-0.3, -0.25) is 9.69 Å². The predicted molar refractivity (Wildman–Crippen MR) is 115 cm³/mol. The van der Waals surface area contributed by atoms with Gasteiger partial charge in [-0.1, -0.05) is 30.3 Å². The number of carbonyl (C=O) groups excluding carboxylic acids is 1. The molecule has 2 aromatic carbocycles. The Morgan fingerprint density at radius 3 is 2.47 bits per heavy atom. The van der Waals surface area contributed by atoms with E-state index in [2.05, 4.69) is 5.32 Å². The van der Waals surface area contributed by atoms with Crippen LogP contribution < -0.4 is 14.8 Å². The van der Waals surface area contributed by atoms with Crippen molar-refractivity contribution in [1.82, 2.24) is 10.2 Å². The Balaban J connectivity index is 1.67. The smallest absolute Gasteiger partial charge is 0.234 e. The van der Waals surface area contributed by atoms with Crippen molar-refractivity contribution in [3.63, 3.8) is 0 Å².